The van der Waals surface area contributed by atoms with Crippen LogP contribution in [-0.2, 0) is 52.3 Å². The Bertz CT molecular complexity index is 1100. The van der Waals surface area contributed by atoms with E-state index in [4.69, 9.17) is 33.2 Å². The fourth-order valence-electron chi connectivity index (χ4n) is 6.08. The molecule has 0 aromatic heterocycles. The first-order valence-corrected chi connectivity index (χ1v) is 14.3. The molecule has 0 amide bonds. The lowest BCUT2D eigenvalue weighted by Gasteiger charge is -2.41. The summed E-state index contributed by atoms with van der Waals surface area (Å²) in [6.45, 7) is 2.41. The third-order valence-corrected chi connectivity index (χ3v) is 8.55. The number of hydrogen-bond acceptors (Lipinski definition) is 15. The molecule has 1 saturated carbocycles. The Balaban J connectivity index is 1.78. The molecule has 0 aromatic rings. The van der Waals surface area contributed by atoms with Gasteiger partial charge in [-0.25, -0.2) is 4.79 Å². The summed E-state index contributed by atoms with van der Waals surface area (Å²) < 4.78 is 37.0. The Hall–Kier alpha value is -3.08. The van der Waals surface area contributed by atoms with Gasteiger partial charge >= 0.3 is 23.9 Å². The number of allylic oxidation sites excluding steroid dienone is 1. The maximum Gasteiger partial charge on any atom is 0.337 e. The van der Waals surface area contributed by atoms with Gasteiger partial charge in [-0.15, -0.1) is 0 Å². The molecule has 44 heavy (non-hydrogen) atoms. The number of esters is 4. The van der Waals surface area contributed by atoms with Crippen molar-refractivity contribution in [2.75, 3.05) is 34.5 Å². The van der Waals surface area contributed by atoms with Crippen LogP contribution in [0.1, 0.15) is 33.1 Å². The molecular formula is C29H42O15. The highest BCUT2D eigenvalue weighted by atomic mass is 16.8. The SMILES string of the molecule is C/C=C1/[C@H](O[C@@H]2O[C@H](CO)[C@@H](O)[C@H](O)[C@H]2O)OC=C(C(=O)OC)[C@H]1CC(=O)OC[C@@H](C(=O)OC)[C@H]1CC[C@H](C)[C@H]1C(=O)OC. The molecule has 4 N–H and O–H groups in total. The van der Waals surface area contributed by atoms with Crippen LogP contribution in [0.15, 0.2) is 23.5 Å². The summed E-state index contributed by atoms with van der Waals surface area (Å²) in [7, 11) is 3.61. The van der Waals surface area contributed by atoms with Crippen LogP contribution in [0.5, 0.6) is 0 Å². The van der Waals surface area contributed by atoms with Gasteiger partial charge in [0.2, 0.25) is 6.29 Å². The molecule has 11 atom stereocenters. The summed E-state index contributed by atoms with van der Waals surface area (Å²) in [5.41, 5.74) is 0.188. The molecule has 2 aliphatic heterocycles. The number of hydrogen-bond donors (Lipinski definition) is 4. The van der Waals surface area contributed by atoms with Crippen molar-refractivity contribution in [3.05, 3.63) is 23.5 Å². The van der Waals surface area contributed by atoms with Crippen LogP contribution in [0.3, 0.4) is 0 Å². The van der Waals surface area contributed by atoms with Crippen LogP contribution in [0.4, 0.5) is 0 Å². The van der Waals surface area contributed by atoms with Crippen molar-refractivity contribution in [2.24, 2.45) is 29.6 Å². The van der Waals surface area contributed by atoms with E-state index < -0.39 is 97.6 Å². The second-order valence-corrected chi connectivity index (χ2v) is 11.0. The molecule has 2 fully saturated rings. The molecule has 0 radical (unpaired) electrons. The number of carbonyl (C=O) groups is 4. The number of aliphatic hydroxyl groups is 4. The fraction of sp³-hybridized carbons (Fsp3) is 0.724. The smallest absolute Gasteiger partial charge is 0.337 e. The van der Waals surface area contributed by atoms with E-state index in [-0.39, 0.29) is 23.7 Å². The molecule has 1 aliphatic carbocycles. The van der Waals surface area contributed by atoms with Gasteiger partial charge < -0.3 is 53.6 Å². The van der Waals surface area contributed by atoms with Crippen LogP contribution in [-0.4, -0.2) is 116 Å². The summed E-state index contributed by atoms with van der Waals surface area (Å²) in [6, 6.07) is 0. The second-order valence-electron chi connectivity index (χ2n) is 11.0. The molecule has 248 valence electrons. The van der Waals surface area contributed by atoms with E-state index in [0.717, 1.165) is 13.4 Å². The molecule has 0 unspecified atom stereocenters. The van der Waals surface area contributed by atoms with Crippen molar-refractivity contribution in [1.29, 1.82) is 0 Å². The summed E-state index contributed by atoms with van der Waals surface area (Å²) in [6.07, 6.45) is -5.88. The lowest BCUT2D eigenvalue weighted by atomic mass is 9.81. The maximum absolute atomic E-state index is 13.2. The fourth-order valence-corrected chi connectivity index (χ4v) is 6.08. The van der Waals surface area contributed by atoms with Crippen LogP contribution in [0.2, 0.25) is 0 Å². The molecule has 15 nitrogen and oxygen atoms in total. The van der Waals surface area contributed by atoms with Gasteiger partial charge in [-0.1, -0.05) is 13.0 Å². The van der Waals surface area contributed by atoms with Crippen molar-refractivity contribution in [2.45, 2.75) is 70.1 Å². The zero-order valence-electron chi connectivity index (χ0n) is 25.3. The van der Waals surface area contributed by atoms with Gasteiger partial charge in [0.25, 0.3) is 0 Å². The minimum Gasteiger partial charge on any atom is -0.469 e. The second kappa shape index (κ2) is 15.8. The van der Waals surface area contributed by atoms with Crippen molar-refractivity contribution in [3.8, 4) is 0 Å². The highest BCUT2D eigenvalue weighted by Crippen LogP contribution is 2.43. The summed E-state index contributed by atoms with van der Waals surface area (Å²) in [5, 5.41) is 40.1. The zero-order chi connectivity index (χ0) is 32.7. The first-order chi connectivity index (χ1) is 20.9. The van der Waals surface area contributed by atoms with E-state index >= 15 is 0 Å². The molecule has 0 aromatic carbocycles. The summed E-state index contributed by atoms with van der Waals surface area (Å²) in [4.78, 5) is 51.0. The molecule has 15 heteroatoms. The van der Waals surface area contributed by atoms with Crippen LogP contribution >= 0.6 is 0 Å². The molecule has 3 aliphatic rings. The average molecular weight is 631 g/mol. The van der Waals surface area contributed by atoms with Crippen LogP contribution < -0.4 is 0 Å². The zero-order valence-corrected chi connectivity index (χ0v) is 25.3. The predicted molar refractivity (Wildman–Crippen MR) is 146 cm³/mol. The topological polar surface area (TPSA) is 214 Å². The summed E-state index contributed by atoms with van der Waals surface area (Å²) >= 11 is 0. The van der Waals surface area contributed by atoms with Gasteiger partial charge in [0.15, 0.2) is 6.29 Å². The quantitative estimate of drug-likeness (QED) is 0.127. The van der Waals surface area contributed by atoms with Gasteiger partial charge in [0, 0.05) is 11.5 Å². The molecule has 2 heterocycles. The predicted octanol–water partition coefficient (Wildman–Crippen LogP) is -0.664. The number of carbonyl (C=O) groups excluding carboxylic acids is 4. The monoisotopic (exact) mass is 630 g/mol. The van der Waals surface area contributed by atoms with Gasteiger partial charge in [0.05, 0.1) is 58.0 Å². The van der Waals surface area contributed by atoms with E-state index in [9.17, 15) is 39.6 Å². The first kappa shape index (κ1) is 35.4. The first-order valence-electron chi connectivity index (χ1n) is 14.3. The third-order valence-electron chi connectivity index (χ3n) is 8.55. The normalized spacial score (nSPS) is 35.2. The van der Waals surface area contributed by atoms with Crippen molar-refractivity contribution < 1.29 is 72.8 Å². The minimum atomic E-state index is -1.73. The van der Waals surface area contributed by atoms with Gasteiger partial charge in [0.1, 0.15) is 31.0 Å². The Morgan fingerprint density at radius 2 is 1.73 bits per heavy atom. The number of methoxy groups -OCH3 is 3. The van der Waals surface area contributed by atoms with Crippen molar-refractivity contribution >= 4 is 23.9 Å². The average Bonchev–Trinajstić information content (AvgIpc) is 3.41. The van der Waals surface area contributed by atoms with E-state index in [1.54, 1.807) is 6.92 Å². The lowest BCUT2D eigenvalue weighted by molar-refractivity contribution is -0.327. The van der Waals surface area contributed by atoms with Crippen LogP contribution in [0, 0.1) is 29.6 Å². The molecular weight excluding hydrogens is 588 g/mol. The Morgan fingerprint density at radius 3 is 2.32 bits per heavy atom. The molecule has 3 rings (SSSR count). The van der Waals surface area contributed by atoms with E-state index in [2.05, 4.69) is 0 Å². The molecule has 0 spiro atoms. The molecule has 0 bridgehead atoms. The Kier molecular flexibility index (Phi) is 12.7. The number of aliphatic hydroxyl groups excluding tert-OH is 4. The van der Waals surface area contributed by atoms with E-state index in [1.807, 2.05) is 6.92 Å². The Labute approximate surface area is 254 Å². The lowest BCUT2D eigenvalue weighted by Crippen LogP contribution is -2.60. The number of rotatable bonds is 11. The van der Waals surface area contributed by atoms with Gasteiger partial charge in [-0.2, -0.15) is 0 Å². The maximum atomic E-state index is 13.2. The van der Waals surface area contributed by atoms with E-state index in [0.29, 0.717) is 12.8 Å². The largest absolute Gasteiger partial charge is 0.469 e. The number of ether oxygens (including phenoxy) is 7. The highest BCUT2D eigenvalue weighted by molar-refractivity contribution is 5.90. The van der Waals surface area contributed by atoms with Gasteiger partial charge in [-0.3, -0.25) is 14.4 Å². The highest BCUT2D eigenvalue weighted by Gasteiger charge is 2.48. The standard InChI is InChI=1S/C29H42O15/c1-6-14-16(9-20(31)41-11-17(25(35)38-3)15-8-7-13(2)21(15)27(37)40-5)18(26(36)39-4)12-42-28(14)44-29-24(34)23(33)22(32)19(10-30)43-29/h6,12-13,15-17,19,21-24,28-30,32-34H,7-11H2,1-5H3/b14-6+/t13-,15+,16-,17+,19+,21+,22+,23-,24+,28-,29-/m0/s1. The molecule has 1 saturated heterocycles. The van der Waals surface area contributed by atoms with Crippen molar-refractivity contribution in [1.82, 2.24) is 0 Å². The summed E-state index contributed by atoms with van der Waals surface area (Å²) in [5.74, 6) is -5.76. The minimum absolute atomic E-state index is 0.0499. The Morgan fingerprint density at radius 1 is 1.02 bits per heavy atom. The van der Waals surface area contributed by atoms with E-state index in [1.165, 1.54) is 20.3 Å². The third kappa shape index (κ3) is 7.58. The van der Waals surface area contributed by atoms with Crippen molar-refractivity contribution in [3.63, 3.8) is 0 Å². The van der Waals surface area contributed by atoms with Gasteiger partial charge in [-0.05, 0) is 31.6 Å². The van der Waals surface area contributed by atoms with Crippen LogP contribution in [0.25, 0.3) is 0 Å².